The molecule has 1 aliphatic carbocycles. The Labute approximate surface area is 111 Å². The summed E-state index contributed by atoms with van der Waals surface area (Å²) in [6.07, 6.45) is 5.93. The van der Waals surface area contributed by atoms with Crippen molar-refractivity contribution in [3.05, 3.63) is 23.8 Å². The fraction of sp³-hybridized carbons (Fsp3) is 0.462. The Morgan fingerprint density at radius 2 is 1.95 bits per heavy atom. The highest BCUT2D eigenvalue weighted by atomic mass is 32.2. The number of phenolic OH excluding ortho intramolecular Hbond substituents is 1. The van der Waals surface area contributed by atoms with Crippen LogP contribution in [0.15, 0.2) is 28.1 Å². The van der Waals surface area contributed by atoms with E-state index in [9.17, 15) is 18.3 Å². The van der Waals surface area contributed by atoms with Crippen LogP contribution < -0.4 is 0 Å². The number of nitrogens with zero attached hydrogens (tertiary/aromatic N) is 1. The summed E-state index contributed by atoms with van der Waals surface area (Å²) in [5.41, 5.74) is 0.00757. The maximum Gasteiger partial charge on any atom is 0.235 e. The SMILES string of the molecule is CS(=O)(=O)c1ccc(C2(N=C=O)CCCC2)cc1O. The Balaban J connectivity index is 2.53. The Hall–Kier alpha value is -1.65. The van der Waals surface area contributed by atoms with Crippen molar-refractivity contribution in [3.8, 4) is 5.75 Å². The van der Waals surface area contributed by atoms with Gasteiger partial charge in [-0.1, -0.05) is 18.9 Å². The summed E-state index contributed by atoms with van der Waals surface area (Å²) in [4.78, 5) is 14.4. The van der Waals surface area contributed by atoms with E-state index in [0.29, 0.717) is 18.4 Å². The molecule has 0 aliphatic heterocycles. The van der Waals surface area contributed by atoms with Crippen LogP contribution in [0.5, 0.6) is 5.75 Å². The van der Waals surface area contributed by atoms with Gasteiger partial charge < -0.3 is 5.11 Å². The lowest BCUT2D eigenvalue weighted by atomic mass is 9.89. The zero-order chi connectivity index (χ0) is 14.1. The number of carbonyl (C=O) groups excluding carboxylic acids is 1. The highest BCUT2D eigenvalue weighted by Gasteiger charge is 2.36. The lowest BCUT2D eigenvalue weighted by Gasteiger charge is -2.23. The Bertz CT molecular complexity index is 639. The van der Waals surface area contributed by atoms with Gasteiger partial charge in [-0.25, -0.2) is 13.2 Å². The molecule has 0 aromatic heterocycles. The maximum atomic E-state index is 11.4. The standard InChI is InChI=1S/C13H15NO4S/c1-19(17,18)12-5-4-10(8-11(12)16)13(14-9-15)6-2-3-7-13/h4-5,8,16H,2-3,6-7H2,1H3. The number of isocyanates is 1. The summed E-state index contributed by atoms with van der Waals surface area (Å²) in [5.74, 6) is -0.299. The van der Waals surface area contributed by atoms with Crippen LogP contribution in [0.25, 0.3) is 0 Å². The zero-order valence-electron chi connectivity index (χ0n) is 10.6. The first kappa shape index (κ1) is 13.8. The molecule has 1 N–H and O–H groups in total. The first-order chi connectivity index (χ1) is 8.89. The van der Waals surface area contributed by atoms with Gasteiger partial charge in [0.05, 0.1) is 5.54 Å². The predicted octanol–water partition coefficient (Wildman–Crippen LogP) is 1.90. The lowest BCUT2D eigenvalue weighted by molar-refractivity contribution is 0.436. The number of aromatic hydroxyl groups is 1. The Morgan fingerprint density at radius 3 is 2.42 bits per heavy atom. The minimum atomic E-state index is -3.46. The topological polar surface area (TPSA) is 83.8 Å². The summed E-state index contributed by atoms with van der Waals surface area (Å²) in [7, 11) is -3.46. The molecule has 0 unspecified atom stereocenters. The molecule has 1 aromatic rings. The van der Waals surface area contributed by atoms with Gasteiger partial charge in [0.15, 0.2) is 9.84 Å². The molecule has 1 aliphatic rings. The molecule has 6 heteroatoms. The number of hydrogen-bond acceptors (Lipinski definition) is 5. The van der Waals surface area contributed by atoms with Gasteiger partial charge in [-0.3, -0.25) is 0 Å². The average molecular weight is 281 g/mol. The van der Waals surface area contributed by atoms with E-state index in [-0.39, 0.29) is 10.6 Å². The monoisotopic (exact) mass is 281 g/mol. The molecule has 0 radical (unpaired) electrons. The van der Waals surface area contributed by atoms with Crippen LogP contribution >= 0.6 is 0 Å². The van der Waals surface area contributed by atoms with E-state index < -0.39 is 15.4 Å². The van der Waals surface area contributed by atoms with Crippen molar-refractivity contribution in [2.75, 3.05) is 6.26 Å². The second-order valence-corrected chi connectivity index (χ2v) is 6.88. The van der Waals surface area contributed by atoms with Gasteiger partial charge in [0.2, 0.25) is 6.08 Å². The molecule has 1 saturated carbocycles. The predicted molar refractivity (Wildman–Crippen MR) is 69.5 cm³/mol. The minimum absolute atomic E-state index is 0.112. The number of hydrogen-bond donors (Lipinski definition) is 1. The van der Waals surface area contributed by atoms with Crippen molar-refractivity contribution in [3.63, 3.8) is 0 Å². The summed E-state index contributed by atoms with van der Waals surface area (Å²) in [5, 5.41) is 9.85. The fourth-order valence-corrected chi connectivity index (χ4v) is 3.39. The van der Waals surface area contributed by atoms with Gasteiger partial charge in [-0.05, 0) is 30.5 Å². The van der Waals surface area contributed by atoms with Gasteiger partial charge in [0.1, 0.15) is 10.6 Å². The van der Waals surface area contributed by atoms with E-state index in [1.54, 1.807) is 12.1 Å². The van der Waals surface area contributed by atoms with Gasteiger partial charge in [0, 0.05) is 6.26 Å². The summed E-state index contributed by atoms with van der Waals surface area (Å²) in [6.45, 7) is 0. The van der Waals surface area contributed by atoms with Crippen LogP contribution in [0.1, 0.15) is 31.2 Å². The molecule has 102 valence electrons. The Morgan fingerprint density at radius 1 is 1.32 bits per heavy atom. The van der Waals surface area contributed by atoms with Crippen molar-refractivity contribution in [2.24, 2.45) is 4.99 Å². The third-order valence-corrected chi connectivity index (χ3v) is 4.73. The molecule has 0 amide bonds. The van der Waals surface area contributed by atoms with E-state index in [2.05, 4.69) is 4.99 Å². The number of benzene rings is 1. The van der Waals surface area contributed by atoms with Crippen LogP contribution in [0.3, 0.4) is 0 Å². The van der Waals surface area contributed by atoms with E-state index in [0.717, 1.165) is 19.1 Å². The van der Waals surface area contributed by atoms with E-state index >= 15 is 0 Å². The molecule has 1 fully saturated rings. The van der Waals surface area contributed by atoms with Crippen LogP contribution in [0.2, 0.25) is 0 Å². The summed E-state index contributed by atoms with van der Waals surface area (Å²) in [6, 6.07) is 4.37. The van der Waals surface area contributed by atoms with E-state index in [1.165, 1.54) is 12.1 Å². The summed E-state index contributed by atoms with van der Waals surface area (Å²) < 4.78 is 22.9. The smallest absolute Gasteiger partial charge is 0.235 e. The first-order valence-electron chi connectivity index (χ1n) is 6.02. The van der Waals surface area contributed by atoms with Gasteiger partial charge in [-0.2, -0.15) is 4.99 Å². The van der Waals surface area contributed by atoms with Crippen LogP contribution in [0, 0.1) is 0 Å². The summed E-state index contributed by atoms with van der Waals surface area (Å²) >= 11 is 0. The molecule has 2 rings (SSSR count). The number of phenols is 1. The van der Waals surface area contributed by atoms with Crippen molar-refractivity contribution in [2.45, 2.75) is 36.1 Å². The van der Waals surface area contributed by atoms with Gasteiger partial charge >= 0.3 is 0 Å². The largest absolute Gasteiger partial charge is 0.507 e. The number of rotatable bonds is 3. The van der Waals surface area contributed by atoms with E-state index in [4.69, 9.17) is 0 Å². The molecule has 19 heavy (non-hydrogen) atoms. The molecule has 0 bridgehead atoms. The molecule has 0 spiro atoms. The highest BCUT2D eigenvalue weighted by Crippen LogP contribution is 2.43. The van der Waals surface area contributed by atoms with Crippen LogP contribution in [-0.2, 0) is 20.2 Å². The molecule has 0 heterocycles. The Kier molecular flexibility index (Phi) is 3.47. The quantitative estimate of drug-likeness (QED) is 0.677. The minimum Gasteiger partial charge on any atom is -0.507 e. The fourth-order valence-electron chi connectivity index (χ4n) is 2.63. The normalized spacial score (nSPS) is 17.9. The highest BCUT2D eigenvalue weighted by molar-refractivity contribution is 7.90. The molecular weight excluding hydrogens is 266 g/mol. The molecule has 1 aromatic carbocycles. The van der Waals surface area contributed by atoms with Crippen molar-refractivity contribution in [1.29, 1.82) is 0 Å². The second kappa shape index (κ2) is 4.79. The number of sulfone groups is 1. The van der Waals surface area contributed by atoms with E-state index in [1.807, 2.05) is 0 Å². The van der Waals surface area contributed by atoms with Crippen LogP contribution in [0.4, 0.5) is 0 Å². The molecule has 0 saturated heterocycles. The first-order valence-corrected chi connectivity index (χ1v) is 7.91. The third kappa shape index (κ3) is 2.55. The van der Waals surface area contributed by atoms with Crippen molar-refractivity contribution < 1.29 is 18.3 Å². The molecule has 0 atom stereocenters. The molecule has 5 nitrogen and oxygen atoms in total. The second-order valence-electron chi connectivity index (χ2n) is 4.90. The van der Waals surface area contributed by atoms with Crippen molar-refractivity contribution in [1.82, 2.24) is 0 Å². The van der Waals surface area contributed by atoms with Gasteiger partial charge in [0.25, 0.3) is 0 Å². The maximum absolute atomic E-state index is 11.4. The lowest BCUT2D eigenvalue weighted by Crippen LogP contribution is -2.19. The third-order valence-electron chi connectivity index (χ3n) is 3.59. The number of aliphatic imine (C=N–C) groups is 1. The van der Waals surface area contributed by atoms with Crippen LogP contribution in [-0.4, -0.2) is 25.9 Å². The zero-order valence-corrected chi connectivity index (χ0v) is 11.4. The van der Waals surface area contributed by atoms with Gasteiger partial charge in [-0.15, -0.1) is 0 Å². The van der Waals surface area contributed by atoms with Crippen molar-refractivity contribution >= 4 is 15.9 Å². The average Bonchev–Trinajstić information content (AvgIpc) is 2.77. The molecular formula is C13H15NO4S.